The predicted octanol–water partition coefficient (Wildman–Crippen LogP) is 8.82. The topological polar surface area (TPSA) is 49.7 Å². The van der Waals surface area contributed by atoms with Gasteiger partial charge < -0.3 is 14.3 Å². The number of rotatable bonds is 24. The third kappa shape index (κ3) is 26.3. The average Bonchev–Trinajstić information content (AvgIpc) is 2.68. The summed E-state index contributed by atoms with van der Waals surface area (Å²) in [5.41, 5.74) is 0. The number of unbranched alkanes of at least 4 members (excludes halogenated alkanes) is 21. The van der Waals surface area contributed by atoms with Gasteiger partial charge >= 0.3 is 8.60 Å². The lowest BCUT2D eigenvalue weighted by Gasteiger charge is -2.05. The molecule has 0 radical (unpaired) electrons. The van der Waals surface area contributed by atoms with Crippen molar-refractivity contribution in [3.05, 3.63) is 0 Å². The van der Waals surface area contributed by atoms with Crippen molar-refractivity contribution in [2.75, 3.05) is 6.61 Å². The molecule has 28 heavy (non-hydrogen) atoms. The summed E-state index contributed by atoms with van der Waals surface area (Å²) in [5.74, 6) is 0. The smallest absolute Gasteiger partial charge is 0.327 e. The van der Waals surface area contributed by atoms with Crippen LogP contribution in [0.1, 0.15) is 148 Å². The van der Waals surface area contributed by atoms with Gasteiger partial charge in [-0.3, -0.25) is 0 Å². The Hall–Kier alpha value is 0.310. The molecule has 0 amide bonds. The van der Waals surface area contributed by atoms with Crippen LogP contribution >= 0.6 is 8.60 Å². The molecular formula is C24H51O3P. The summed E-state index contributed by atoms with van der Waals surface area (Å²) in [6, 6.07) is 0. The maximum Gasteiger partial charge on any atom is 0.327 e. The second-order valence-corrected chi connectivity index (χ2v) is 9.27. The second kappa shape index (κ2) is 25.3. The van der Waals surface area contributed by atoms with Gasteiger partial charge in [0, 0.05) is 0 Å². The van der Waals surface area contributed by atoms with Gasteiger partial charge in [-0.05, 0) is 6.42 Å². The van der Waals surface area contributed by atoms with Crippen molar-refractivity contribution in [2.24, 2.45) is 0 Å². The molecule has 0 unspecified atom stereocenters. The van der Waals surface area contributed by atoms with Crippen LogP contribution in [0.25, 0.3) is 0 Å². The summed E-state index contributed by atoms with van der Waals surface area (Å²) in [7, 11) is -2.15. The van der Waals surface area contributed by atoms with Crippen LogP contribution in [0.15, 0.2) is 0 Å². The Morgan fingerprint density at radius 1 is 0.429 bits per heavy atom. The Labute approximate surface area is 178 Å². The molecule has 0 aliphatic rings. The Bertz CT molecular complexity index is 275. The second-order valence-electron chi connectivity index (χ2n) is 8.51. The van der Waals surface area contributed by atoms with Crippen molar-refractivity contribution in [1.82, 2.24) is 0 Å². The van der Waals surface area contributed by atoms with Crippen molar-refractivity contribution in [3.63, 3.8) is 0 Å². The van der Waals surface area contributed by atoms with E-state index in [1.165, 1.54) is 128 Å². The van der Waals surface area contributed by atoms with Gasteiger partial charge in [0.05, 0.1) is 6.61 Å². The molecule has 4 heteroatoms. The highest BCUT2D eigenvalue weighted by atomic mass is 31.2. The molecule has 0 heterocycles. The lowest BCUT2D eigenvalue weighted by molar-refractivity contribution is 0.248. The molecule has 0 aliphatic carbocycles. The molecule has 0 aliphatic heterocycles. The number of hydrogen-bond donors (Lipinski definition) is 2. The Balaban J connectivity index is 2.98. The van der Waals surface area contributed by atoms with Gasteiger partial charge in [0.1, 0.15) is 0 Å². The van der Waals surface area contributed by atoms with Gasteiger partial charge in [0.2, 0.25) is 0 Å². The van der Waals surface area contributed by atoms with Gasteiger partial charge in [0.15, 0.2) is 0 Å². The predicted molar refractivity (Wildman–Crippen MR) is 125 cm³/mol. The fourth-order valence-electron chi connectivity index (χ4n) is 3.86. The molecule has 0 spiro atoms. The molecule has 0 saturated heterocycles. The molecular weight excluding hydrogens is 367 g/mol. The maximum atomic E-state index is 8.62. The zero-order valence-corrected chi connectivity index (χ0v) is 19.9. The van der Waals surface area contributed by atoms with Crippen LogP contribution in [0, 0.1) is 0 Å². The highest BCUT2D eigenvalue weighted by molar-refractivity contribution is 7.39. The Morgan fingerprint density at radius 2 is 0.679 bits per heavy atom. The van der Waals surface area contributed by atoms with E-state index in [4.69, 9.17) is 14.3 Å². The first-order valence-corrected chi connectivity index (χ1v) is 13.7. The third-order valence-electron chi connectivity index (χ3n) is 5.70. The molecule has 3 nitrogen and oxygen atoms in total. The van der Waals surface area contributed by atoms with Gasteiger partial charge in [-0.15, -0.1) is 0 Å². The van der Waals surface area contributed by atoms with Gasteiger partial charge in [-0.25, -0.2) is 0 Å². The summed E-state index contributed by atoms with van der Waals surface area (Å²) < 4.78 is 4.76. The molecule has 0 aromatic heterocycles. The SMILES string of the molecule is CCCCCCCCCCCCCCCCCCCCCCCCOP(O)O. The monoisotopic (exact) mass is 418 g/mol. The van der Waals surface area contributed by atoms with Crippen molar-refractivity contribution in [3.8, 4) is 0 Å². The highest BCUT2D eigenvalue weighted by Crippen LogP contribution is 2.24. The summed E-state index contributed by atoms with van der Waals surface area (Å²) in [5, 5.41) is 0. The van der Waals surface area contributed by atoms with E-state index in [2.05, 4.69) is 6.92 Å². The normalized spacial score (nSPS) is 11.6. The van der Waals surface area contributed by atoms with Crippen LogP contribution in [0.5, 0.6) is 0 Å². The molecule has 0 fully saturated rings. The van der Waals surface area contributed by atoms with Crippen LogP contribution in [0.4, 0.5) is 0 Å². The maximum absolute atomic E-state index is 8.62. The summed E-state index contributed by atoms with van der Waals surface area (Å²) in [4.78, 5) is 17.2. The lowest BCUT2D eigenvalue weighted by atomic mass is 10.0. The fraction of sp³-hybridized carbons (Fsp3) is 1.00. The van der Waals surface area contributed by atoms with Crippen LogP contribution in [-0.2, 0) is 4.52 Å². The summed E-state index contributed by atoms with van der Waals surface area (Å²) in [6.07, 6.45) is 30.4. The van der Waals surface area contributed by atoms with Crippen LogP contribution in [0.3, 0.4) is 0 Å². The van der Waals surface area contributed by atoms with E-state index in [0.29, 0.717) is 6.61 Å². The molecule has 0 aromatic rings. The minimum absolute atomic E-state index is 0.484. The number of hydrogen-bond acceptors (Lipinski definition) is 3. The van der Waals surface area contributed by atoms with Gasteiger partial charge in [0.25, 0.3) is 0 Å². The Kier molecular flexibility index (Phi) is 25.6. The van der Waals surface area contributed by atoms with Crippen molar-refractivity contribution >= 4 is 8.60 Å². The zero-order valence-electron chi connectivity index (χ0n) is 19.0. The standard InChI is InChI=1S/C24H51O3P/c1-2-3-4-5-6-7-8-9-10-11-12-13-14-15-16-17-18-19-20-21-22-23-24-27-28(25)26/h25-26H,2-24H2,1H3. The largest absolute Gasteiger partial charge is 0.328 e. The molecule has 2 N–H and O–H groups in total. The van der Waals surface area contributed by atoms with Gasteiger partial charge in [-0.2, -0.15) is 0 Å². The molecule has 0 rings (SSSR count). The molecule has 170 valence electrons. The third-order valence-corrected chi connectivity index (χ3v) is 6.12. The van der Waals surface area contributed by atoms with Gasteiger partial charge in [-0.1, -0.05) is 142 Å². The first-order valence-electron chi connectivity index (χ1n) is 12.6. The fourth-order valence-corrected chi connectivity index (χ4v) is 4.15. The van der Waals surface area contributed by atoms with E-state index in [1.54, 1.807) is 0 Å². The average molecular weight is 419 g/mol. The van der Waals surface area contributed by atoms with E-state index in [9.17, 15) is 0 Å². The van der Waals surface area contributed by atoms with Crippen LogP contribution < -0.4 is 0 Å². The van der Waals surface area contributed by atoms with Crippen molar-refractivity contribution < 1.29 is 14.3 Å². The summed E-state index contributed by atoms with van der Waals surface area (Å²) >= 11 is 0. The van der Waals surface area contributed by atoms with E-state index in [1.807, 2.05) is 0 Å². The van der Waals surface area contributed by atoms with Crippen LogP contribution in [-0.4, -0.2) is 16.4 Å². The van der Waals surface area contributed by atoms with E-state index in [0.717, 1.165) is 12.8 Å². The van der Waals surface area contributed by atoms with Crippen molar-refractivity contribution in [1.29, 1.82) is 0 Å². The van der Waals surface area contributed by atoms with Crippen LogP contribution in [0.2, 0.25) is 0 Å². The first-order chi connectivity index (χ1) is 13.8. The highest BCUT2D eigenvalue weighted by Gasteiger charge is 1.98. The minimum atomic E-state index is -2.15. The van der Waals surface area contributed by atoms with E-state index >= 15 is 0 Å². The van der Waals surface area contributed by atoms with E-state index in [-0.39, 0.29) is 0 Å². The zero-order chi connectivity index (χ0) is 20.5. The molecule has 0 atom stereocenters. The van der Waals surface area contributed by atoms with E-state index < -0.39 is 8.60 Å². The molecule has 0 saturated carbocycles. The molecule has 0 aromatic carbocycles. The first kappa shape index (κ1) is 28.3. The van der Waals surface area contributed by atoms with Crippen molar-refractivity contribution in [2.45, 2.75) is 148 Å². The lowest BCUT2D eigenvalue weighted by Crippen LogP contribution is -1.89. The molecule has 0 bridgehead atoms. The quantitative estimate of drug-likeness (QED) is 0.122. The summed E-state index contributed by atoms with van der Waals surface area (Å²) in [6.45, 7) is 2.77. The minimum Gasteiger partial charge on any atom is -0.328 e. The Morgan fingerprint density at radius 3 is 0.929 bits per heavy atom.